The van der Waals surface area contributed by atoms with Crippen molar-refractivity contribution in [3.63, 3.8) is 0 Å². The van der Waals surface area contributed by atoms with Crippen LogP contribution in [0.15, 0.2) is 71.6 Å². The Morgan fingerprint density at radius 1 is 1.03 bits per heavy atom. The molecule has 0 aliphatic heterocycles. The summed E-state index contributed by atoms with van der Waals surface area (Å²) in [7, 11) is 3.11. The van der Waals surface area contributed by atoms with Gasteiger partial charge in [-0.3, -0.25) is 10.1 Å². The van der Waals surface area contributed by atoms with E-state index >= 15 is 0 Å². The number of aromatic nitrogens is 3. The van der Waals surface area contributed by atoms with Crippen molar-refractivity contribution in [3.8, 4) is 34.0 Å². The molecule has 156 valence electrons. The van der Waals surface area contributed by atoms with Gasteiger partial charge in [-0.15, -0.1) is 0 Å². The number of nitrogens with one attached hydrogen (secondary N) is 1. The van der Waals surface area contributed by atoms with Crippen LogP contribution in [0.4, 0.5) is 5.88 Å². The molecule has 8 heteroatoms. The van der Waals surface area contributed by atoms with Gasteiger partial charge in [-0.05, 0) is 23.8 Å². The summed E-state index contributed by atoms with van der Waals surface area (Å²) >= 11 is 0. The van der Waals surface area contributed by atoms with Gasteiger partial charge in [0.2, 0.25) is 11.8 Å². The topological polar surface area (TPSA) is 99.4 Å². The number of carbonyl (C=O) groups is 1. The number of hydrogen-bond donors (Lipinski definition) is 1. The maximum Gasteiger partial charge on any atom is 0.241 e. The van der Waals surface area contributed by atoms with E-state index < -0.39 is 0 Å². The average molecular weight is 416 g/mol. The normalized spacial score (nSPS) is 10.5. The zero-order valence-corrected chi connectivity index (χ0v) is 17.0. The van der Waals surface area contributed by atoms with Crippen LogP contribution in [-0.4, -0.2) is 35.3 Å². The highest BCUT2D eigenvalue weighted by atomic mass is 16.5. The number of carbonyl (C=O) groups excluding carboxylic acids is 1. The molecule has 4 rings (SSSR count). The summed E-state index contributed by atoms with van der Waals surface area (Å²) in [4.78, 5) is 21.0. The first-order valence-corrected chi connectivity index (χ1v) is 9.52. The molecule has 0 bridgehead atoms. The summed E-state index contributed by atoms with van der Waals surface area (Å²) in [6, 6.07) is 16.6. The summed E-state index contributed by atoms with van der Waals surface area (Å²) in [5.41, 5.74) is 3.06. The fraction of sp³-hybridized carbons (Fsp3) is 0.130. The molecule has 0 spiro atoms. The standard InChI is InChI=1S/C23H20N4O4/c1-29-18-10-6-9-16(22(18)30-2)21-20(17-11-12-24-14-25-17)23(31-27-21)26-19(28)13-15-7-4-3-5-8-15/h3-12,14H,13H2,1-2H3,(H,26,28). The molecule has 0 unspecified atom stereocenters. The van der Waals surface area contributed by atoms with Gasteiger partial charge in [0.25, 0.3) is 0 Å². The van der Waals surface area contributed by atoms with Gasteiger partial charge < -0.3 is 14.0 Å². The van der Waals surface area contributed by atoms with E-state index in [0.29, 0.717) is 34.0 Å². The second kappa shape index (κ2) is 9.08. The number of benzene rings is 2. The Morgan fingerprint density at radius 2 is 1.87 bits per heavy atom. The van der Waals surface area contributed by atoms with Gasteiger partial charge in [0, 0.05) is 6.20 Å². The molecule has 0 saturated heterocycles. The monoisotopic (exact) mass is 416 g/mol. The van der Waals surface area contributed by atoms with E-state index in [2.05, 4.69) is 20.4 Å². The number of methoxy groups -OCH3 is 2. The van der Waals surface area contributed by atoms with Crippen molar-refractivity contribution in [3.05, 3.63) is 72.7 Å². The van der Waals surface area contributed by atoms with Crippen LogP contribution < -0.4 is 14.8 Å². The van der Waals surface area contributed by atoms with Crippen LogP contribution in [0.3, 0.4) is 0 Å². The lowest BCUT2D eigenvalue weighted by atomic mass is 10.0. The number of rotatable bonds is 7. The number of para-hydroxylation sites is 1. The van der Waals surface area contributed by atoms with E-state index in [-0.39, 0.29) is 18.2 Å². The Kier molecular flexibility index (Phi) is 5.89. The zero-order valence-electron chi connectivity index (χ0n) is 17.0. The number of amides is 1. The third-order valence-electron chi connectivity index (χ3n) is 4.65. The van der Waals surface area contributed by atoms with Crippen LogP contribution in [0.25, 0.3) is 22.5 Å². The van der Waals surface area contributed by atoms with E-state index in [0.717, 1.165) is 5.56 Å². The summed E-state index contributed by atoms with van der Waals surface area (Å²) in [5, 5.41) is 7.03. The van der Waals surface area contributed by atoms with Gasteiger partial charge in [-0.1, -0.05) is 41.6 Å². The predicted octanol–water partition coefficient (Wildman–Crippen LogP) is 4.00. The molecule has 31 heavy (non-hydrogen) atoms. The molecular weight excluding hydrogens is 396 g/mol. The molecule has 4 aromatic rings. The molecule has 0 radical (unpaired) electrons. The lowest BCUT2D eigenvalue weighted by Gasteiger charge is -2.12. The Morgan fingerprint density at radius 3 is 2.58 bits per heavy atom. The van der Waals surface area contributed by atoms with Crippen molar-refractivity contribution in [2.45, 2.75) is 6.42 Å². The first-order valence-electron chi connectivity index (χ1n) is 9.52. The lowest BCUT2D eigenvalue weighted by Crippen LogP contribution is -2.14. The molecule has 2 heterocycles. The van der Waals surface area contributed by atoms with Gasteiger partial charge in [-0.25, -0.2) is 9.97 Å². The number of nitrogens with zero attached hydrogens (tertiary/aromatic N) is 3. The second-order valence-corrected chi connectivity index (χ2v) is 6.58. The lowest BCUT2D eigenvalue weighted by molar-refractivity contribution is -0.115. The van der Waals surface area contributed by atoms with Gasteiger partial charge >= 0.3 is 0 Å². The molecular formula is C23H20N4O4. The van der Waals surface area contributed by atoms with Crippen molar-refractivity contribution in [2.75, 3.05) is 19.5 Å². The van der Waals surface area contributed by atoms with Crippen molar-refractivity contribution in [1.29, 1.82) is 0 Å². The summed E-state index contributed by atoms with van der Waals surface area (Å²) in [5.74, 6) is 1.00. The molecule has 0 fully saturated rings. The first-order chi connectivity index (χ1) is 15.2. The van der Waals surface area contributed by atoms with Crippen LogP contribution in [-0.2, 0) is 11.2 Å². The van der Waals surface area contributed by atoms with Crippen LogP contribution in [0.2, 0.25) is 0 Å². The number of ether oxygens (including phenoxy) is 2. The predicted molar refractivity (Wildman–Crippen MR) is 115 cm³/mol. The minimum atomic E-state index is -0.234. The van der Waals surface area contributed by atoms with E-state index in [1.165, 1.54) is 6.33 Å². The quantitative estimate of drug-likeness (QED) is 0.486. The van der Waals surface area contributed by atoms with Crippen molar-refractivity contribution in [2.24, 2.45) is 0 Å². The third kappa shape index (κ3) is 4.23. The average Bonchev–Trinajstić information content (AvgIpc) is 3.22. The molecule has 2 aromatic carbocycles. The second-order valence-electron chi connectivity index (χ2n) is 6.58. The maximum atomic E-state index is 12.7. The van der Waals surface area contributed by atoms with Crippen LogP contribution in [0, 0.1) is 0 Å². The SMILES string of the molecule is COc1cccc(-c2noc(NC(=O)Cc3ccccc3)c2-c2ccncn2)c1OC. The van der Waals surface area contributed by atoms with Gasteiger partial charge in [0.05, 0.1) is 37.5 Å². The third-order valence-corrected chi connectivity index (χ3v) is 4.65. The largest absolute Gasteiger partial charge is 0.493 e. The minimum absolute atomic E-state index is 0.194. The number of hydrogen-bond acceptors (Lipinski definition) is 7. The van der Waals surface area contributed by atoms with Gasteiger partial charge in [0.1, 0.15) is 12.0 Å². The van der Waals surface area contributed by atoms with Crippen LogP contribution >= 0.6 is 0 Å². The Labute approximate surface area is 178 Å². The summed E-state index contributed by atoms with van der Waals surface area (Å²) in [6.07, 6.45) is 3.23. The van der Waals surface area contributed by atoms with Crippen molar-refractivity contribution < 1.29 is 18.8 Å². The Bertz CT molecular complexity index is 1180. The van der Waals surface area contributed by atoms with Crippen LogP contribution in [0.5, 0.6) is 11.5 Å². The highest BCUT2D eigenvalue weighted by Crippen LogP contribution is 2.43. The highest BCUT2D eigenvalue weighted by molar-refractivity contribution is 5.98. The zero-order chi connectivity index (χ0) is 21.6. The van der Waals surface area contributed by atoms with Crippen LogP contribution in [0.1, 0.15) is 5.56 Å². The first kappa shape index (κ1) is 20.1. The Hall–Kier alpha value is -4.20. The molecule has 0 aliphatic carbocycles. The number of anilines is 1. The molecule has 1 N–H and O–H groups in total. The maximum absolute atomic E-state index is 12.7. The minimum Gasteiger partial charge on any atom is -0.493 e. The van der Waals surface area contributed by atoms with Gasteiger partial charge in [0.15, 0.2) is 11.5 Å². The van der Waals surface area contributed by atoms with E-state index in [1.54, 1.807) is 32.5 Å². The van der Waals surface area contributed by atoms with Crippen molar-refractivity contribution >= 4 is 11.8 Å². The summed E-state index contributed by atoms with van der Waals surface area (Å²) < 4.78 is 16.5. The summed E-state index contributed by atoms with van der Waals surface area (Å²) in [6.45, 7) is 0. The highest BCUT2D eigenvalue weighted by Gasteiger charge is 2.25. The molecule has 2 aromatic heterocycles. The fourth-order valence-electron chi connectivity index (χ4n) is 3.26. The fourth-order valence-corrected chi connectivity index (χ4v) is 3.26. The molecule has 1 amide bonds. The molecule has 0 saturated carbocycles. The Balaban J connectivity index is 1.76. The molecule has 8 nitrogen and oxygen atoms in total. The smallest absolute Gasteiger partial charge is 0.241 e. The van der Waals surface area contributed by atoms with Gasteiger partial charge in [-0.2, -0.15) is 0 Å². The van der Waals surface area contributed by atoms with E-state index in [1.807, 2.05) is 42.5 Å². The van der Waals surface area contributed by atoms with E-state index in [4.69, 9.17) is 14.0 Å². The van der Waals surface area contributed by atoms with E-state index in [9.17, 15) is 4.79 Å². The van der Waals surface area contributed by atoms with Crippen molar-refractivity contribution in [1.82, 2.24) is 15.1 Å². The molecule has 0 aliphatic rings. The molecule has 0 atom stereocenters.